The minimum atomic E-state index is -0.821. The second-order valence-corrected chi connectivity index (χ2v) is 10.8. The summed E-state index contributed by atoms with van der Waals surface area (Å²) in [6.45, 7) is 5.07. The van der Waals surface area contributed by atoms with Gasteiger partial charge in [-0.2, -0.15) is 19.6 Å². The molecule has 196 valence electrons. The van der Waals surface area contributed by atoms with Crippen LogP contribution in [0, 0.1) is 5.92 Å². The average molecular weight is 483 g/mol. The van der Waals surface area contributed by atoms with Crippen LogP contribution in [0.15, 0.2) is 0 Å². The first kappa shape index (κ1) is 26.3. The first-order chi connectivity index (χ1) is 16.7. The second-order valence-electron chi connectivity index (χ2n) is 10.8. The molecule has 0 unspecified atom stereocenters. The maximum absolute atomic E-state index is 12.4. The quantitative estimate of drug-likeness (QED) is 0.573. The van der Waals surface area contributed by atoms with E-state index in [4.69, 9.17) is 24.3 Å². The Hall–Kier alpha value is -0.770. The number of ether oxygens (including phenoxy) is 1. The lowest BCUT2D eigenvalue weighted by molar-refractivity contribution is -0.662. The largest absolute Gasteiger partial charge is 0.379 e. The number of carbonyl (C=O) groups is 1. The van der Waals surface area contributed by atoms with Crippen molar-refractivity contribution in [2.75, 3.05) is 39.4 Å². The molecule has 0 aromatic carbocycles. The van der Waals surface area contributed by atoms with Crippen molar-refractivity contribution in [3.8, 4) is 0 Å². The van der Waals surface area contributed by atoms with Crippen molar-refractivity contribution < 1.29 is 29.1 Å². The monoisotopic (exact) mass is 482 g/mol. The van der Waals surface area contributed by atoms with Gasteiger partial charge in [-0.15, -0.1) is 0 Å². The predicted octanol–water partition coefficient (Wildman–Crippen LogP) is 4.62. The highest BCUT2D eigenvalue weighted by molar-refractivity contribution is 5.76. The highest BCUT2D eigenvalue weighted by Gasteiger charge is 2.50. The van der Waals surface area contributed by atoms with Gasteiger partial charge in [0.1, 0.15) is 0 Å². The van der Waals surface area contributed by atoms with Gasteiger partial charge in [0, 0.05) is 58.3 Å². The minimum Gasteiger partial charge on any atom is -0.379 e. The number of nitrogens with one attached hydrogen (secondary N) is 1. The molecule has 2 spiro atoms. The Morgan fingerprint density at radius 1 is 0.735 bits per heavy atom. The van der Waals surface area contributed by atoms with E-state index in [2.05, 4.69) is 10.2 Å². The third-order valence-corrected chi connectivity index (χ3v) is 8.00. The van der Waals surface area contributed by atoms with Crippen molar-refractivity contribution in [3.05, 3.63) is 0 Å². The molecule has 2 aliphatic heterocycles. The Morgan fingerprint density at radius 2 is 1.24 bits per heavy atom. The third kappa shape index (κ3) is 8.14. The summed E-state index contributed by atoms with van der Waals surface area (Å²) in [6.07, 6.45) is 16.5. The van der Waals surface area contributed by atoms with E-state index in [9.17, 15) is 4.79 Å². The van der Waals surface area contributed by atoms with E-state index in [1.165, 1.54) is 44.9 Å². The lowest BCUT2D eigenvalue weighted by Crippen LogP contribution is -2.52. The fourth-order valence-corrected chi connectivity index (χ4v) is 5.65. The molecule has 34 heavy (non-hydrogen) atoms. The summed E-state index contributed by atoms with van der Waals surface area (Å²) in [5.74, 6) is -1.10. The van der Waals surface area contributed by atoms with Gasteiger partial charge in [0.05, 0.1) is 13.2 Å². The van der Waals surface area contributed by atoms with Crippen LogP contribution in [0.1, 0.15) is 103 Å². The molecule has 2 saturated carbocycles. The molecular formula is C26H46N2O6. The molecule has 1 amide bonds. The van der Waals surface area contributed by atoms with Crippen LogP contribution < -0.4 is 5.32 Å². The van der Waals surface area contributed by atoms with E-state index >= 15 is 0 Å². The van der Waals surface area contributed by atoms with Gasteiger partial charge in [0.15, 0.2) is 0 Å². The third-order valence-electron chi connectivity index (χ3n) is 8.00. The van der Waals surface area contributed by atoms with Crippen molar-refractivity contribution in [1.82, 2.24) is 10.2 Å². The lowest BCUT2D eigenvalue weighted by Gasteiger charge is -2.45. The molecule has 4 rings (SSSR count). The van der Waals surface area contributed by atoms with E-state index in [0.29, 0.717) is 31.7 Å². The highest BCUT2D eigenvalue weighted by Crippen LogP contribution is 2.44. The van der Waals surface area contributed by atoms with Crippen molar-refractivity contribution >= 4 is 5.91 Å². The van der Waals surface area contributed by atoms with Crippen LogP contribution in [0.25, 0.3) is 0 Å². The van der Waals surface area contributed by atoms with Crippen LogP contribution >= 0.6 is 0 Å². The predicted molar refractivity (Wildman–Crippen MR) is 127 cm³/mol. The molecule has 0 atom stereocenters. The van der Waals surface area contributed by atoms with E-state index in [1.807, 2.05) is 0 Å². The van der Waals surface area contributed by atoms with Gasteiger partial charge in [-0.05, 0) is 31.6 Å². The van der Waals surface area contributed by atoms with Gasteiger partial charge in [0.25, 0.3) is 0 Å². The Morgan fingerprint density at radius 3 is 1.79 bits per heavy atom. The van der Waals surface area contributed by atoms with Gasteiger partial charge in [-0.3, -0.25) is 9.69 Å². The molecule has 0 aromatic heterocycles. The van der Waals surface area contributed by atoms with Crippen molar-refractivity contribution in [3.63, 3.8) is 0 Å². The SMILES string of the molecule is O=C(CC1CCC2(CC1)OOC1(CCCCCCCCCCC1)OO2)NCCN1CCOCC1. The number of carbonyl (C=O) groups excluding carboxylic acids is 1. The zero-order valence-corrected chi connectivity index (χ0v) is 21.0. The van der Waals surface area contributed by atoms with Gasteiger partial charge in [-0.1, -0.05) is 44.9 Å². The first-order valence-corrected chi connectivity index (χ1v) is 14.0. The average Bonchev–Trinajstić information content (AvgIpc) is 2.85. The molecule has 4 fully saturated rings. The number of hydrogen-bond acceptors (Lipinski definition) is 7. The highest BCUT2D eigenvalue weighted by atomic mass is 17.4. The summed E-state index contributed by atoms with van der Waals surface area (Å²) in [7, 11) is 0. The topological polar surface area (TPSA) is 78.5 Å². The van der Waals surface area contributed by atoms with Crippen molar-refractivity contribution in [1.29, 1.82) is 0 Å². The van der Waals surface area contributed by atoms with Gasteiger partial charge in [0.2, 0.25) is 17.5 Å². The molecule has 8 nitrogen and oxygen atoms in total. The lowest BCUT2D eigenvalue weighted by atomic mass is 9.83. The molecule has 0 aromatic rings. The summed E-state index contributed by atoms with van der Waals surface area (Å²) >= 11 is 0. The summed E-state index contributed by atoms with van der Waals surface area (Å²) in [6, 6.07) is 0. The smallest absolute Gasteiger partial charge is 0.234 e. The van der Waals surface area contributed by atoms with Gasteiger partial charge in [-0.25, -0.2) is 0 Å². The Balaban J connectivity index is 1.15. The Bertz CT molecular complexity index is 580. The van der Waals surface area contributed by atoms with Gasteiger partial charge < -0.3 is 10.1 Å². The van der Waals surface area contributed by atoms with Crippen LogP contribution in [0.2, 0.25) is 0 Å². The van der Waals surface area contributed by atoms with E-state index < -0.39 is 11.6 Å². The zero-order chi connectivity index (χ0) is 23.5. The fraction of sp³-hybridized carbons (Fsp3) is 0.962. The Kier molecular flexibility index (Phi) is 10.5. The second kappa shape index (κ2) is 13.5. The summed E-state index contributed by atoms with van der Waals surface area (Å²) in [4.78, 5) is 38.6. The summed E-state index contributed by atoms with van der Waals surface area (Å²) < 4.78 is 5.37. The molecule has 2 aliphatic carbocycles. The zero-order valence-electron chi connectivity index (χ0n) is 21.0. The number of morpholine rings is 1. The van der Waals surface area contributed by atoms with Crippen LogP contribution in [0.4, 0.5) is 0 Å². The summed E-state index contributed by atoms with van der Waals surface area (Å²) in [5, 5.41) is 3.08. The number of rotatable bonds is 5. The fourth-order valence-electron chi connectivity index (χ4n) is 5.65. The molecule has 4 aliphatic rings. The van der Waals surface area contributed by atoms with E-state index in [-0.39, 0.29) is 5.91 Å². The normalized spacial score (nSPS) is 27.6. The first-order valence-electron chi connectivity index (χ1n) is 14.0. The molecule has 8 heteroatoms. The van der Waals surface area contributed by atoms with Gasteiger partial charge >= 0.3 is 0 Å². The standard InChI is InChI=1S/C26H46N2O6/c29-24(27-16-17-28-18-20-30-21-19-28)22-23-10-14-26(15-11-23)33-31-25(32-34-26)12-8-6-4-2-1-3-5-7-9-13-25/h23H,1-22H2,(H,27,29). The van der Waals surface area contributed by atoms with Crippen LogP contribution in [0.3, 0.4) is 0 Å². The van der Waals surface area contributed by atoms with Crippen LogP contribution in [0.5, 0.6) is 0 Å². The number of hydrogen-bond donors (Lipinski definition) is 1. The molecule has 0 radical (unpaired) electrons. The van der Waals surface area contributed by atoms with Crippen molar-refractivity contribution in [2.45, 2.75) is 114 Å². The maximum Gasteiger partial charge on any atom is 0.234 e. The molecule has 2 heterocycles. The number of nitrogens with zero attached hydrogens (tertiary/aromatic N) is 1. The van der Waals surface area contributed by atoms with Crippen molar-refractivity contribution in [2.24, 2.45) is 5.92 Å². The molecule has 2 saturated heterocycles. The minimum absolute atomic E-state index is 0.138. The van der Waals surface area contributed by atoms with E-state index in [0.717, 1.165) is 71.4 Å². The summed E-state index contributed by atoms with van der Waals surface area (Å²) in [5.41, 5.74) is 0. The maximum atomic E-state index is 12.4. The van der Waals surface area contributed by atoms with E-state index in [1.54, 1.807) is 0 Å². The molecular weight excluding hydrogens is 436 g/mol. The molecule has 0 bridgehead atoms. The Labute approximate surface area is 205 Å². The van der Waals surface area contributed by atoms with Crippen LogP contribution in [-0.4, -0.2) is 61.8 Å². The van der Waals surface area contributed by atoms with Crippen LogP contribution in [-0.2, 0) is 29.1 Å². The molecule has 1 N–H and O–H groups in total. The number of amides is 1.